The molecule has 2 aliphatic heterocycles. The van der Waals surface area contributed by atoms with Gasteiger partial charge in [-0.1, -0.05) is 150 Å². The fraction of sp³-hybridized carbons (Fsp3) is 0.250. The second kappa shape index (κ2) is 11.7. The molecule has 2 heterocycles. The van der Waals surface area contributed by atoms with Gasteiger partial charge in [0.2, 0.25) is 0 Å². The standard InChI is InChI=1S/C48H45NO2/c1-46(2,3)33-21-19-32(20-22-33)40-31-48(34-13-7-6-8-14-34,35-23-25-36(26-24-35)49-27-29-50-30-28-49)51-45-38-16-10-9-15-37(38)42-39-17-11-12-18-41(39)47(4,5)44(42)43(40)45/h6-26,31H,27-30H2,1-5H3. The Morgan fingerprint density at radius 2 is 1.25 bits per heavy atom. The maximum Gasteiger partial charge on any atom is 0.178 e. The maximum atomic E-state index is 7.73. The van der Waals surface area contributed by atoms with Crippen molar-refractivity contribution >= 4 is 22.0 Å². The molecule has 254 valence electrons. The van der Waals surface area contributed by atoms with Crippen LogP contribution in [0.4, 0.5) is 5.69 Å². The molecular weight excluding hydrogens is 623 g/mol. The van der Waals surface area contributed by atoms with Gasteiger partial charge >= 0.3 is 0 Å². The van der Waals surface area contributed by atoms with Crippen molar-refractivity contribution in [2.24, 2.45) is 0 Å². The van der Waals surface area contributed by atoms with Gasteiger partial charge in [-0.3, -0.25) is 0 Å². The van der Waals surface area contributed by atoms with Crippen LogP contribution in [0.2, 0.25) is 0 Å². The van der Waals surface area contributed by atoms with Gasteiger partial charge in [0.15, 0.2) is 5.60 Å². The number of benzene rings is 6. The Balaban J connectivity index is 1.37. The zero-order valence-electron chi connectivity index (χ0n) is 30.3. The Morgan fingerprint density at radius 3 is 1.96 bits per heavy atom. The van der Waals surface area contributed by atoms with Crippen LogP contribution < -0.4 is 9.64 Å². The molecular formula is C48H45NO2. The smallest absolute Gasteiger partial charge is 0.178 e. The van der Waals surface area contributed by atoms with Crippen LogP contribution in [0.5, 0.6) is 5.75 Å². The number of hydrogen-bond acceptors (Lipinski definition) is 3. The molecule has 0 radical (unpaired) electrons. The summed E-state index contributed by atoms with van der Waals surface area (Å²) < 4.78 is 13.4. The first kappa shape index (κ1) is 31.8. The van der Waals surface area contributed by atoms with E-state index in [1.807, 2.05) is 0 Å². The molecule has 0 amide bonds. The molecule has 3 nitrogen and oxygen atoms in total. The minimum atomic E-state index is -0.873. The number of anilines is 1. The Labute approximate surface area is 302 Å². The number of hydrogen-bond donors (Lipinski definition) is 0. The van der Waals surface area contributed by atoms with Gasteiger partial charge in [0.1, 0.15) is 5.75 Å². The molecule has 1 unspecified atom stereocenters. The van der Waals surface area contributed by atoms with Crippen molar-refractivity contribution in [1.82, 2.24) is 0 Å². The van der Waals surface area contributed by atoms with Crippen LogP contribution in [-0.4, -0.2) is 26.3 Å². The van der Waals surface area contributed by atoms with E-state index in [1.54, 1.807) is 0 Å². The topological polar surface area (TPSA) is 21.7 Å². The Hall–Kier alpha value is -5.12. The zero-order chi connectivity index (χ0) is 35.0. The van der Waals surface area contributed by atoms with Crippen LogP contribution in [-0.2, 0) is 21.2 Å². The van der Waals surface area contributed by atoms with Gasteiger partial charge in [-0.25, -0.2) is 0 Å². The highest BCUT2D eigenvalue weighted by Crippen LogP contribution is 2.60. The predicted octanol–water partition coefficient (Wildman–Crippen LogP) is 11.0. The van der Waals surface area contributed by atoms with E-state index in [1.165, 1.54) is 55.6 Å². The van der Waals surface area contributed by atoms with Crippen molar-refractivity contribution in [1.29, 1.82) is 0 Å². The summed E-state index contributed by atoms with van der Waals surface area (Å²) in [6.07, 6.45) is 2.43. The fourth-order valence-electron chi connectivity index (χ4n) is 8.78. The summed E-state index contributed by atoms with van der Waals surface area (Å²) in [5.74, 6) is 0.948. The van der Waals surface area contributed by atoms with E-state index >= 15 is 0 Å². The highest BCUT2D eigenvalue weighted by Gasteiger charge is 2.46. The lowest BCUT2D eigenvalue weighted by atomic mass is 9.73. The first-order chi connectivity index (χ1) is 24.7. The molecule has 1 saturated heterocycles. The van der Waals surface area contributed by atoms with Crippen LogP contribution in [0.25, 0.3) is 27.5 Å². The van der Waals surface area contributed by atoms with Gasteiger partial charge in [0.25, 0.3) is 0 Å². The normalized spacial score (nSPS) is 19.2. The molecule has 6 aromatic carbocycles. The molecule has 3 aliphatic rings. The van der Waals surface area contributed by atoms with E-state index in [4.69, 9.17) is 9.47 Å². The molecule has 1 aliphatic carbocycles. The number of nitrogens with zero attached hydrogens (tertiary/aromatic N) is 1. The Kier molecular flexibility index (Phi) is 7.31. The third kappa shape index (κ3) is 4.97. The average molecular weight is 668 g/mol. The lowest BCUT2D eigenvalue weighted by Crippen LogP contribution is -2.37. The Bertz CT molecular complexity index is 2300. The number of rotatable bonds is 4. The van der Waals surface area contributed by atoms with E-state index in [2.05, 4.69) is 173 Å². The molecule has 51 heavy (non-hydrogen) atoms. The number of ether oxygens (including phenoxy) is 2. The summed E-state index contributed by atoms with van der Waals surface area (Å²) >= 11 is 0. The van der Waals surface area contributed by atoms with Gasteiger partial charge in [-0.2, -0.15) is 0 Å². The lowest BCUT2D eigenvalue weighted by molar-refractivity contribution is 0.122. The van der Waals surface area contributed by atoms with Crippen molar-refractivity contribution in [2.45, 2.75) is 51.0 Å². The van der Waals surface area contributed by atoms with E-state index in [0.717, 1.165) is 48.6 Å². The summed E-state index contributed by atoms with van der Waals surface area (Å²) in [5, 5.41) is 2.37. The summed E-state index contributed by atoms with van der Waals surface area (Å²) in [7, 11) is 0. The quantitative estimate of drug-likeness (QED) is 0.187. The van der Waals surface area contributed by atoms with Crippen LogP contribution in [0, 0.1) is 0 Å². The number of fused-ring (bicyclic) bond motifs is 8. The van der Waals surface area contributed by atoms with Crippen molar-refractivity contribution in [3.63, 3.8) is 0 Å². The minimum absolute atomic E-state index is 0.0532. The predicted molar refractivity (Wildman–Crippen MR) is 211 cm³/mol. The van der Waals surface area contributed by atoms with Crippen molar-refractivity contribution < 1.29 is 9.47 Å². The molecule has 9 rings (SSSR count). The SMILES string of the molecule is CC(C)(C)c1ccc(C2=CC(c3ccccc3)(c3ccc(N4CCOCC4)cc3)Oc3c2c2c(c4ccccc34)-c3ccccc3C2(C)C)cc1. The van der Waals surface area contributed by atoms with Crippen LogP contribution in [0.3, 0.4) is 0 Å². The van der Waals surface area contributed by atoms with Crippen LogP contribution in [0.1, 0.15) is 73.6 Å². The van der Waals surface area contributed by atoms with E-state index in [0.29, 0.717) is 0 Å². The average Bonchev–Trinajstić information content (AvgIpc) is 3.41. The highest BCUT2D eigenvalue weighted by atomic mass is 16.5. The van der Waals surface area contributed by atoms with Gasteiger partial charge in [-0.05, 0) is 68.0 Å². The van der Waals surface area contributed by atoms with Gasteiger partial charge < -0.3 is 14.4 Å². The van der Waals surface area contributed by atoms with Gasteiger partial charge in [-0.15, -0.1) is 0 Å². The Morgan fingerprint density at radius 1 is 0.627 bits per heavy atom. The maximum absolute atomic E-state index is 7.73. The second-order valence-corrected chi connectivity index (χ2v) is 15.9. The minimum Gasteiger partial charge on any atom is -0.472 e. The van der Waals surface area contributed by atoms with Crippen LogP contribution >= 0.6 is 0 Å². The van der Waals surface area contributed by atoms with E-state index < -0.39 is 5.60 Å². The zero-order valence-corrected chi connectivity index (χ0v) is 30.3. The molecule has 0 spiro atoms. The first-order valence-electron chi connectivity index (χ1n) is 18.4. The summed E-state index contributed by atoms with van der Waals surface area (Å²) in [6, 6.07) is 47.0. The second-order valence-electron chi connectivity index (χ2n) is 15.9. The van der Waals surface area contributed by atoms with Crippen LogP contribution in [0.15, 0.2) is 133 Å². The monoisotopic (exact) mass is 667 g/mol. The summed E-state index contributed by atoms with van der Waals surface area (Å²) in [4.78, 5) is 2.41. The molecule has 3 heteroatoms. The fourth-order valence-corrected chi connectivity index (χ4v) is 8.78. The highest BCUT2D eigenvalue weighted by molar-refractivity contribution is 6.10. The molecule has 0 bridgehead atoms. The third-order valence-corrected chi connectivity index (χ3v) is 11.5. The van der Waals surface area contributed by atoms with E-state index in [-0.39, 0.29) is 10.8 Å². The molecule has 1 atom stereocenters. The lowest BCUT2D eigenvalue weighted by Gasteiger charge is -2.41. The van der Waals surface area contributed by atoms with E-state index in [9.17, 15) is 0 Å². The summed E-state index contributed by atoms with van der Waals surface area (Å²) in [5.41, 5.74) is 12.6. The summed E-state index contributed by atoms with van der Waals surface area (Å²) in [6.45, 7) is 14.9. The van der Waals surface area contributed by atoms with Crippen molar-refractivity contribution in [3.05, 3.63) is 172 Å². The molecule has 0 saturated carbocycles. The molecule has 6 aromatic rings. The van der Waals surface area contributed by atoms with Gasteiger partial charge in [0, 0.05) is 46.3 Å². The molecule has 0 N–H and O–H groups in total. The number of morpholine rings is 1. The van der Waals surface area contributed by atoms with Gasteiger partial charge in [0.05, 0.1) is 13.2 Å². The largest absolute Gasteiger partial charge is 0.472 e. The van der Waals surface area contributed by atoms with Crippen molar-refractivity contribution in [3.8, 4) is 16.9 Å². The van der Waals surface area contributed by atoms with Crippen molar-refractivity contribution in [2.75, 3.05) is 31.2 Å². The molecule has 0 aromatic heterocycles. The molecule has 1 fully saturated rings. The third-order valence-electron chi connectivity index (χ3n) is 11.5. The first-order valence-corrected chi connectivity index (χ1v) is 18.4.